The van der Waals surface area contributed by atoms with Gasteiger partial charge in [0.05, 0.1) is 13.0 Å². The summed E-state index contributed by atoms with van der Waals surface area (Å²) < 4.78 is 5.16. The molecule has 0 aliphatic rings. The lowest BCUT2D eigenvalue weighted by Gasteiger charge is -2.21. The van der Waals surface area contributed by atoms with Crippen LogP contribution in [0.1, 0.15) is 25.3 Å². The minimum Gasteiger partial charge on any atom is -0.497 e. The number of anilines is 1. The lowest BCUT2D eigenvalue weighted by atomic mass is 9.87. The molecule has 1 amide bonds. The molecule has 0 radical (unpaired) electrons. The van der Waals surface area contributed by atoms with Crippen LogP contribution >= 0.6 is 0 Å². The zero-order valence-electron chi connectivity index (χ0n) is 12.7. The molecule has 0 aliphatic heterocycles. The quantitative estimate of drug-likeness (QED) is 0.898. The summed E-state index contributed by atoms with van der Waals surface area (Å²) in [5.74, 6) is 0.837. The number of amides is 1. The molecule has 0 heterocycles. The predicted octanol–water partition coefficient (Wildman–Crippen LogP) is 4.07. The Bertz CT molecular complexity index is 576. The van der Waals surface area contributed by atoms with E-state index in [1.807, 2.05) is 54.6 Å². The summed E-state index contributed by atoms with van der Waals surface area (Å²) in [5.41, 5.74) is 1.82. The second-order valence-corrected chi connectivity index (χ2v) is 5.35. The highest BCUT2D eigenvalue weighted by Gasteiger charge is 2.24. The van der Waals surface area contributed by atoms with E-state index in [1.165, 1.54) is 0 Å². The Morgan fingerprint density at radius 2 is 1.62 bits per heavy atom. The fourth-order valence-corrected chi connectivity index (χ4v) is 2.39. The van der Waals surface area contributed by atoms with E-state index >= 15 is 0 Å². The first-order chi connectivity index (χ1) is 10.1. The van der Waals surface area contributed by atoms with Gasteiger partial charge in [0.2, 0.25) is 5.91 Å². The van der Waals surface area contributed by atoms with E-state index in [4.69, 9.17) is 4.74 Å². The first-order valence-corrected chi connectivity index (χ1v) is 7.11. The van der Waals surface area contributed by atoms with Crippen LogP contribution in [-0.4, -0.2) is 13.0 Å². The van der Waals surface area contributed by atoms with E-state index in [0.717, 1.165) is 17.0 Å². The largest absolute Gasteiger partial charge is 0.497 e. The number of nitrogens with one attached hydrogen (secondary N) is 1. The van der Waals surface area contributed by atoms with Crippen LogP contribution < -0.4 is 10.1 Å². The van der Waals surface area contributed by atoms with E-state index in [9.17, 15) is 4.79 Å². The van der Waals surface area contributed by atoms with Crippen molar-refractivity contribution in [2.75, 3.05) is 12.4 Å². The third-order valence-electron chi connectivity index (χ3n) is 3.47. The van der Waals surface area contributed by atoms with Crippen LogP contribution in [0.15, 0.2) is 54.6 Å². The molecule has 3 nitrogen and oxygen atoms in total. The molecule has 0 spiro atoms. The summed E-state index contributed by atoms with van der Waals surface area (Å²) in [7, 11) is 1.64. The van der Waals surface area contributed by atoms with Gasteiger partial charge in [-0.15, -0.1) is 0 Å². The van der Waals surface area contributed by atoms with Crippen LogP contribution in [0.4, 0.5) is 5.69 Å². The highest BCUT2D eigenvalue weighted by Crippen LogP contribution is 2.27. The topological polar surface area (TPSA) is 38.3 Å². The summed E-state index contributed by atoms with van der Waals surface area (Å²) in [6, 6.07) is 17.2. The number of para-hydroxylation sites is 1. The van der Waals surface area contributed by atoms with Crippen molar-refractivity contribution in [3.63, 3.8) is 0 Å². The summed E-state index contributed by atoms with van der Waals surface area (Å²) in [5, 5.41) is 2.98. The zero-order chi connectivity index (χ0) is 15.2. The van der Waals surface area contributed by atoms with E-state index in [2.05, 4.69) is 19.2 Å². The minimum absolute atomic E-state index is 0.0152. The molecule has 1 N–H and O–H groups in total. The van der Waals surface area contributed by atoms with E-state index in [1.54, 1.807) is 7.11 Å². The number of hydrogen-bond acceptors (Lipinski definition) is 2. The Balaban J connectivity index is 2.19. The molecule has 1 atom stereocenters. The van der Waals surface area contributed by atoms with Crippen molar-refractivity contribution >= 4 is 11.6 Å². The van der Waals surface area contributed by atoms with Crippen molar-refractivity contribution < 1.29 is 9.53 Å². The Kier molecular flexibility index (Phi) is 4.99. The highest BCUT2D eigenvalue weighted by molar-refractivity contribution is 5.96. The second kappa shape index (κ2) is 6.93. The van der Waals surface area contributed by atoms with Gasteiger partial charge in [0, 0.05) is 5.69 Å². The standard InChI is InChI=1S/C18H21NO2/c1-13(2)17(14-9-11-16(21-3)12-10-14)18(20)19-15-7-5-4-6-8-15/h4-13,17H,1-3H3,(H,19,20). The van der Waals surface area contributed by atoms with Gasteiger partial charge in [0.15, 0.2) is 0 Å². The maximum Gasteiger partial charge on any atom is 0.232 e. The second-order valence-electron chi connectivity index (χ2n) is 5.35. The zero-order valence-corrected chi connectivity index (χ0v) is 12.7. The van der Waals surface area contributed by atoms with Gasteiger partial charge in [-0.1, -0.05) is 44.2 Å². The molecule has 0 saturated carbocycles. The summed E-state index contributed by atoms with van der Waals surface area (Å²) >= 11 is 0. The van der Waals surface area contributed by atoms with Gasteiger partial charge in [-0.05, 0) is 35.7 Å². The molecule has 0 saturated heterocycles. The molecule has 0 fully saturated rings. The van der Waals surface area contributed by atoms with Crippen molar-refractivity contribution in [1.29, 1.82) is 0 Å². The minimum atomic E-state index is -0.184. The normalized spacial score (nSPS) is 12.0. The van der Waals surface area contributed by atoms with Crippen molar-refractivity contribution in [3.05, 3.63) is 60.2 Å². The van der Waals surface area contributed by atoms with Crippen LogP contribution in [0.2, 0.25) is 0 Å². The molecule has 110 valence electrons. The predicted molar refractivity (Wildman–Crippen MR) is 85.6 cm³/mol. The molecule has 1 unspecified atom stereocenters. The maximum atomic E-state index is 12.6. The van der Waals surface area contributed by atoms with Crippen LogP contribution in [0.5, 0.6) is 5.75 Å². The third-order valence-corrected chi connectivity index (χ3v) is 3.47. The summed E-state index contributed by atoms with van der Waals surface area (Å²) in [6.45, 7) is 4.11. The van der Waals surface area contributed by atoms with E-state index < -0.39 is 0 Å². The lowest BCUT2D eigenvalue weighted by Crippen LogP contribution is -2.25. The molecule has 0 aromatic heterocycles. The molecule has 2 rings (SSSR count). The summed E-state index contributed by atoms with van der Waals surface area (Å²) in [4.78, 5) is 12.6. The van der Waals surface area contributed by atoms with Crippen molar-refractivity contribution in [2.24, 2.45) is 5.92 Å². The molecular weight excluding hydrogens is 262 g/mol. The molecule has 0 aliphatic carbocycles. The molecular formula is C18H21NO2. The number of carbonyl (C=O) groups is 1. The molecule has 2 aromatic carbocycles. The van der Waals surface area contributed by atoms with Gasteiger partial charge in [-0.2, -0.15) is 0 Å². The monoisotopic (exact) mass is 283 g/mol. The Morgan fingerprint density at radius 3 is 2.14 bits per heavy atom. The SMILES string of the molecule is COc1ccc(C(C(=O)Nc2ccccc2)C(C)C)cc1. The number of ether oxygens (including phenoxy) is 1. The fraction of sp³-hybridized carbons (Fsp3) is 0.278. The lowest BCUT2D eigenvalue weighted by molar-refractivity contribution is -0.118. The number of benzene rings is 2. The highest BCUT2D eigenvalue weighted by atomic mass is 16.5. The van der Waals surface area contributed by atoms with Gasteiger partial charge in [0.25, 0.3) is 0 Å². The van der Waals surface area contributed by atoms with E-state index in [-0.39, 0.29) is 17.7 Å². The smallest absolute Gasteiger partial charge is 0.232 e. The number of carbonyl (C=O) groups excluding carboxylic acids is 1. The Morgan fingerprint density at radius 1 is 1.00 bits per heavy atom. The Labute approximate surface area is 126 Å². The Hall–Kier alpha value is -2.29. The number of methoxy groups -OCH3 is 1. The molecule has 21 heavy (non-hydrogen) atoms. The van der Waals surface area contributed by atoms with Crippen molar-refractivity contribution in [3.8, 4) is 5.75 Å². The molecule has 2 aromatic rings. The van der Waals surface area contributed by atoms with Gasteiger partial charge < -0.3 is 10.1 Å². The van der Waals surface area contributed by atoms with Gasteiger partial charge in [-0.3, -0.25) is 4.79 Å². The molecule has 0 bridgehead atoms. The number of rotatable bonds is 5. The first kappa shape index (κ1) is 15.1. The van der Waals surface area contributed by atoms with Crippen LogP contribution in [0.25, 0.3) is 0 Å². The molecule has 3 heteroatoms. The average molecular weight is 283 g/mol. The first-order valence-electron chi connectivity index (χ1n) is 7.11. The van der Waals surface area contributed by atoms with Gasteiger partial charge >= 0.3 is 0 Å². The van der Waals surface area contributed by atoms with Crippen LogP contribution in [-0.2, 0) is 4.79 Å². The van der Waals surface area contributed by atoms with E-state index in [0.29, 0.717) is 0 Å². The van der Waals surface area contributed by atoms with Gasteiger partial charge in [0.1, 0.15) is 5.75 Å². The fourth-order valence-electron chi connectivity index (χ4n) is 2.39. The summed E-state index contributed by atoms with van der Waals surface area (Å²) in [6.07, 6.45) is 0. The van der Waals surface area contributed by atoms with Gasteiger partial charge in [-0.25, -0.2) is 0 Å². The third kappa shape index (κ3) is 3.85. The van der Waals surface area contributed by atoms with Crippen molar-refractivity contribution in [2.45, 2.75) is 19.8 Å². The average Bonchev–Trinajstić information content (AvgIpc) is 2.49. The maximum absolute atomic E-state index is 12.6. The van der Waals surface area contributed by atoms with Crippen LogP contribution in [0.3, 0.4) is 0 Å². The van der Waals surface area contributed by atoms with Crippen molar-refractivity contribution in [1.82, 2.24) is 0 Å². The number of hydrogen-bond donors (Lipinski definition) is 1. The van der Waals surface area contributed by atoms with Crippen LogP contribution in [0, 0.1) is 5.92 Å².